The second-order valence-electron chi connectivity index (χ2n) is 6.77. The first-order valence-electron chi connectivity index (χ1n) is 8.71. The van der Waals surface area contributed by atoms with Gasteiger partial charge in [0.05, 0.1) is 0 Å². The van der Waals surface area contributed by atoms with Crippen LogP contribution < -0.4 is 0 Å². The Hall–Kier alpha value is -3.08. The van der Waals surface area contributed by atoms with E-state index >= 15 is 0 Å². The van der Waals surface area contributed by atoms with Gasteiger partial charge >= 0.3 is 5.97 Å². The zero-order valence-corrected chi connectivity index (χ0v) is 14.6. The van der Waals surface area contributed by atoms with Crippen molar-refractivity contribution in [2.24, 2.45) is 0 Å². The van der Waals surface area contributed by atoms with Crippen molar-refractivity contribution >= 4 is 22.8 Å². The minimum Gasteiger partial charge on any atom is -0.480 e. The fourth-order valence-corrected chi connectivity index (χ4v) is 3.82. The van der Waals surface area contributed by atoms with Gasteiger partial charge in [-0.1, -0.05) is 29.8 Å². The summed E-state index contributed by atoms with van der Waals surface area (Å²) >= 11 is 0. The van der Waals surface area contributed by atoms with Crippen LogP contribution in [0.4, 0.5) is 0 Å². The lowest BCUT2D eigenvalue weighted by molar-refractivity contribution is -0.137. The zero-order valence-electron chi connectivity index (χ0n) is 14.6. The smallest absolute Gasteiger partial charge is 0.323 e. The molecule has 1 aromatic heterocycles. The molecule has 3 aromatic rings. The molecule has 0 bridgehead atoms. The lowest BCUT2D eigenvalue weighted by Gasteiger charge is -2.28. The molecule has 0 fully saturated rings. The molecule has 0 atom stereocenters. The second-order valence-corrected chi connectivity index (χ2v) is 6.77. The van der Waals surface area contributed by atoms with E-state index in [1.165, 1.54) is 0 Å². The summed E-state index contributed by atoms with van der Waals surface area (Å²) in [5.74, 6) is -0.837. The van der Waals surface area contributed by atoms with Gasteiger partial charge in [0.1, 0.15) is 6.54 Å². The van der Waals surface area contributed by atoms with Crippen molar-refractivity contribution in [3.63, 3.8) is 0 Å². The molecule has 1 N–H and O–H groups in total. The predicted molar refractivity (Wildman–Crippen MR) is 99.2 cm³/mol. The number of hydrogen-bond donors (Lipinski definition) is 1. The molecule has 2 aromatic carbocycles. The van der Waals surface area contributed by atoms with E-state index in [4.69, 9.17) is 0 Å². The van der Waals surface area contributed by atoms with Crippen LogP contribution in [0, 0.1) is 6.92 Å². The highest BCUT2D eigenvalue weighted by atomic mass is 16.4. The molecule has 0 saturated carbocycles. The number of nitrogens with zero attached hydrogens (tertiary/aromatic N) is 2. The molecule has 26 heavy (non-hydrogen) atoms. The molecule has 0 unspecified atom stereocenters. The van der Waals surface area contributed by atoms with Gasteiger partial charge in [0.2, 0.25) is 0 Å². The van der Waals surface area contributed by atoms with Crippen LogP contribution in [0.25, 0.3) is 10.9 Å². The molecule has 0 spiro atoms. The summed E-state index contributed by atoms with van der Waals surface area (Å²) in [5, 5.41) is 10.4. The average Bonchev–Trinajstić information content (AvgIpc) is 2.94. The van der Waals surface area contributed by atoms with E-state index in [9.17, 15) is 14.7 Å². The van der Waals surface area contributed by atoms with E-state index in [0.717, 1.165) is 27.7 Å². The highest BCUT2D eigenvalue weighted by molar-refractivity contribution is 5.95. The first kappa shape index (κ1) is 16.4. The summed E-state index contributed by atoms with van der Waals surface area (Å²) in [4.78, 5) is 26.0. The van der Waals surface area contributed by atoms with Crippen molar-refractivity contribution in [2.45, 2.75) is 26.4 Å². The summed E-state index contributed by atoms with van der Waals surface area (Å²) in [6.07, 6.45) is 0.662. The van der Waals surface area contributed by atoms with Crippen LogP contribution >= 0.6 is 0 Å². The number of amides is 1. The molecule has 1 aliphatic heterocycles. The first-order valence-corrected chi connectivity index (χ1v) is 8.71. The van der Waals surface area contributed by atoms with E-state index in [0.29, 0.717) is 25.1 Å². The number of aryl methyl sites for hydroxylation is 1. The minimum atomic E-state index is -0.854. The maximum atomic E-state index is 12.8. The predicted octanol–water partition coefficient (Wildman–Crippen LogP) is 3.23. The maximum absolute atomic E-state index is 12.8. The van der Waals surface area contributed by atoms with E-state index in [1.807, 2.05) is 58.9 Å². The van der Waals surface area contributed by atoms with Crippen molar-refractivity contribution < 1.29 is 14.7 Å². The summed E-state index contributed by atoms with van der Waals surface area (Å²) in [7, 11) is 0. The molecular weight excluding hydrogens is 328 g/mol. The van der Waals surface area contributed by atoms with Crippen molar-refractivity contribution in [2.75, 3.05) is 6.54 Å². The van der Waals surface area contributed by atoms with Gasteiger partial charge in [-0.3, -0.25) is 9.59 Å². The summed E-state index contributed by atoms with van der Waals surface area (Å²) in [6, 6.07) is 15.4. The fourth-order valence-electron chi connectivity index (χ4n) is 3.82. The number of carboxylic acid groups (broad SMARTS) is 1. The monoisotopic (exact) mass is 348 g/mol. The molecule has 1 amide bonds. The maximum Gasteiger partial charge on any atom is 0.323 e. The molecule has 5 heteroatoms. The second kappa shape index (κ2) is 6.33. The summed E-state index contributed by atoms with van der Waals surface area (Å²) < 4.78 is 1.89. The van der Waals surface area contributed by atoms with Gasteiger partial charge in [0, 0.05) is 47.2 Å². The van der Waals surface area contributed by atoms with Gasteiger partial charge in [-0.15, -0.1) is 0 Å². The Bertz CT molecular complexity index is 1010. The van der Waals surface area contributed by atoms with Gasteiger partial charge < -0.3 is 14.6 Å². The Balaban J connectivity index is 1.77. The molecular formula is C21H20N2O3. The third kappa shape index (κ3) is 2.75. The topological polar surface area (TPSA) is 62.5 Å². The van der Waals surface area contributed by atoms with Crippen LogP contribution in [0.15, 0.2) is 48.5 Å². The molecule has 132 valence electrons. The van der Waals surface area contributed by atoms with Gasteiger partial charge in [0.25, 0.3) is 5.91 Å². The highest BCUT2D eigenvalue weighted by Crippen LogP contribution is 2.32. The molecule has 5 nitrogen and oxygen atoms in total. The Morgan fingerprint density at radius 3 is 2.62 bits per heavy atom. The van der Waals surface area contributed by atoms with Crippen LogP contribution in [0.5, 0.6) is 0 Å². The average molecular weight is 348 g/mol. The Labute approximate surface area is 151 Å². The fraction of sp³-hybridized carbons (Fsp3) is 0.238. The van der Waals surface area contributed by atoms with Crippen LogP contribution in [0.1, 0.15) is 27.2 Å². The standard InChI is InChI=1S/C21H20N2O3/c1-14-7-8-18-16(11-14)17-12-22(21(26)15-5-3-2-4-6-15)10-9-19(17)23(18)13-20(24)25/h2-8,11H,9-10,12-13H2,1H3,(H,24,25). The zero-order chi connectivity index (χ0) is 18.3. The van der Waals surface area contributed by atoms with E-state index in [2.05, 4.69) is 6.07 Å². The number of carbonyl (C=O) groups is 2. The van der Waals surface area contributed by atoms with Crippen molar-refractivity contribution in [1.29, 1.82) is 0 Å². The van der Waals surface area contributed by atoms with Crippen molar-refractivity contribution in [3.05, 3.63) is 70.9 Å². The molecule has 4 rings (SSSR count). The summed E-state index contributed by atoms with van der Waals surface area (Å²) in [5.41, 5.74) is 4.84. The van der Waals surface area contributed by atoms with Crippen LogP contribution in [0.2, 0.25) is 0 Å². The molecule has 0 saturated heterocycles. The van der Waals surface area contributed by atoms with Crippen molar-refractivity contribution in [1.82, 2.24) is 9.47 Å². The largest absolute Gasteiger partial charge is 0.480 e. The minimum absolute atomic E-state index is 0.0167. The van der Waals surface area contributed by atoms with Crippen LogP contribution in [-0.2, 0) is 24.3 Å². The van der Waals surface area contributed by atoms with Crippen LogP contribution in [-0.4, -0.2) is 33.0 Å². The van der Waals surface area contributed by atoms with Gasteiger partial charge in [-0.05, 0) is 31.2 Å². The number of carbonyl (C=O) groups excluding carboxylic acids is 1. The van der Waals surface area contributed by atoms with E-state index in [-0.39, 0.29) is 12.5 Å². The van der Waals surface area contributed by atoms with Gasteiger partial charge in [-0.25, -0.2) is 0 Å². The lowest BCUT2D eigenvalue weighted by atomic mass is 10.0. The number of carboxylic acids is 1. The van der Waals surface area contributed by atoms with E-state index < -0.39 is 5.97 Å². The SMILES string of the molecule is Cc1ccc2c(c1)c1c(n2CC(=O)O)CCN(C(=O)c2ccccc2)C1. The molecule has 1 aliphatic rings. The lowest BCUT2D eigenvalue weighted by Crippen LogP contribution is -2.36. The molecule has 0 aliphatic carbocycles. The first-order chi connectivity index (χ1) is 12.5. The number of benzene rings is 2. The number of rotatable bonds is 3. The Kier molecular flexibility index (Phi) is 3.99. The Morgan fingerprint density at radius 1 is 1.12 bits per heavy atom. The number of fused-ring (bicyclic) bond motifs is 3. The van der Waals surface area contributed by atoms with Gasteiger partial charge in [0.15, 0.2) is 0 Å². The highest BCUT2D eigenvalue weighted by Gasteiger charge is 2.27. The third-order valence-corrected chi connectivity index (χ3v) is 5.01. The number of aliphatic carboxylic acids is 1. The van der Waals surface area contributed by atoms with Crippen molar-refractivity contribution in [3.8, 4) is 0 Å². The van der Waals surface area contributed by atoms with E-state index in [1.54, 1.807) is 0 Å². The number of hydrogen-bond acceptors (Lipinski definition) is 2. The van der Waals surface area contributed by atoms with Gasteiger partial charge in [-0.2, -0.15) is 0 Å². The summed E-state index contributed by atoms with van der Waals surface area (Å²) in [6.45, 7) is 3.07. The molecule has 2 heterocycles. The normalized spacial score (nSPS) is 13.7. The van der Waals surface area contributed by atoms with Crippen LogP contribution in [0.3, 0.4) is 0 Å². The quantitative estimate of drug-likeness (QED) is 0.790. The number of aromatic nitrogens is 1. The molecule has 0 radical (unpaired) electrons. The third-order valence-electron chi connectivity index (χ3n) is 5.01. The Morgan fingerprint density at radius 2 is 1.88 bits per heavy atom.